The molecule has 100 valence electrons. The van der Waals surface area contributed by atoms with Gasteiger partial charge in [-0.2, -0.15) is 4.37 Å². The number of anilines is 1. The molecule has 1 atom stereocenters. The smallest absolute Gasteiger partial charge is 0.340 e. The van der Waals surface area contributed by atoms with Crippen molar-refractivity contribution in [2.24, 2.45) is 11.7 Å². The molecule has 1 amide bonds. The van der Waals surface area contributed by atoms with Gasteiger partial charge < -0.3 is 15.7 Å². The molecule has 0 aliphatic rings. The summed E-state index contributed by atoms with van der Waals surface area (Å²) < 4.78 is 3.97. The lowest BCUT2D eigenvalue weighted by Crippen LogP contribution is -2.45. The average Bonchev–Trinajstić information content (AvgIpc) is 2.68. The SMILES string of the molecule is Cc1nsc(N(C)C(=O)C(N)C(C)C)c1C(=O)O. The Kier molecular flexibility index (Phi) is 4.42. The molecular weight excluding hydrogens is 254 g/mol. The maximum Gasteiger partial charge on any atom is 0.340 e. The summed E-state index contributed by atoms with van der Waals surface area (Å²) in [7, 11) is 1.52. The highest BCUT2D eigenvalue weighted by molar-refractivity contribution is 7.11. The molecule has 0 bridgehead atoms. The summed E-state index contributed by atoms with van der Waals surface area (Å²) >= 11 is 0.989. The molecule has 0 saturated carbocycles. The molecule has 0 aliphatic carbocycles. The van der Waals surface area contributed by atoms with Crippen molar-refractivity contribution in [3.8, 4) is 0 Å². The second-order valence-corrected chi connectivity index (χ2v) is 5.17. The van der Waals surface area contributed by atoms with Crippen molar-refractivity contribution < 1.29 is 14.7 Å². The molecule has 0 aromatic carbocycles. The third-order valence-electron chi connectivity index (χ3n) is 2.70. The summed E-state index contributed by atoms with van der Waals surface area (Å²) in [6, 6.07) is -0.654. The number of carbonyl (C=O) groups is 2. The van der Waals surface area contributed by atoms with E-state index < -0.39 is 12.0 Å². The molecule has 1 unspecified atom stereocenters. The van der Waals surface area contributed by atoms with Crippen molar-refractivity contribution in [3.63, 3.8) is 0 Å². The van der Waals surface area contributed by atoms with Crippen LogP contribution in [0.5, 0.6) is 0 Å². The van der Waals surface area contributed by atoms with Crippen LogP contribution < -0.4 is 10.6 Å². The van der Waals surface area contributed by atoms with E-state index in [2.05, 4.69) is 4.37 Å². The number of hydrogen-bond acceptors (Lipinski definition) is 5. The number of aryl methyl sites for hydroxylation is 1. The second-order valence-electron chi connectivity index (χ2n) is 4.42. The van der Waals surface area contributed by atoms with Gasteiger partial charge in [0.25, 0.3) is 0 Å². The molecule has 0 aliphatic heterocycles. The lowest BCUT2D eigenvalue weighted by atomic mass is 10.0. The van der Waals surface area contributed by atoms with Gasteiger partial charge in [0.15, 0.2) is 0 Å². The molecule has 18 heavy (non-hydrogen) atoms. The molecule has 0 fully saturated rings. The van der Waals surface area contributed by atoms with Crippen LogP contribution in [0.1, 0.15) is 29.9 Å². The van der Waals surface area contributed by atoms with Gasteiger partial charge in [-0.1, -0.05) is 13.8 Å². The fourth-order valence-corrected chi connectivity index (χ4v) is 2.30. The third-order valence-corrected chi connectivity index (χ3v) is 3.71. The Morgan fingerprint density at radius 2 is 2.00 bits per heavy atom. The molecule has 1 heterocycles. The van der Waals surface area contributed by atoms with Crippen LogP contribution in [0.3, 0.4) is 0 Å². The van der Waals surface area contributed by atoms with E-state index in [-0.39, 0.29) is 17.4 Å². The number of nitrogens with two attached hydrogens (primary N) is 1. The van der Waals surface area contributed by atoms with Gasteiger partial charge in [0.05, 0.1) is 11.7 Å². The number of aromatic nitrogens is 1. The second kappa shape index (κ2) is 5.45. The highest BCUT2D eigenvalue weighted by Crippen LogP contribution is 2.28. The van der Waals surface area contributed by atoms with Gasteiger partial charge >= 0.3 is 5.97 Å². The van der Waals surface area contributed by atoms with Crippen molar-refractivity contribution in [2.45, 2.75) is 26.8 Å². The van der Waals surface area contributed by atoms with Crippen molar-refractivity contribution >= 4 is 28.4 Å². The fraction of sp³-hybridized carbons (Fsp3) is 0.545. The Morgan fingerprint density at radius 3 is 2.44 bits per heavy atom. The first-order chi connectivity index (χ1) is 8.27. The summed E-state index contributed by atoms with van der Waals surface area (Å²) in [6.07, 6.45) is 0. The number of likely N-dealkylation sites (N-methyl/N-ethyl adjacent to an activating group) is 1. The van der Waals surface area contributed by atoms with Crippen LogP contribution in [0.2, 0.25) is 0 Å². The van der Waals surface area contributed by atoms with E-state index in [1.54, 1.807) is 6.92 Å². The summed E-state index contributed by atoms with van der Waals surface area (Å²) in [5.41, 5.74) is 6.24. The Hall–Kier alpha value is -1.47. The predicted octanol–water partition coefficient (Wildman–Crippen LogP) is 1.10. The Morgan fingerprint density at radius 1 is 1.44 bits per heavy atom. The minimum Gasteiger partial charge on any atom is -0.478 e. The summed E-state index contributed by atoms with van der Waals surface area (Å²) in [5, 5.41) is 9.43. The van der Waals surface area contributed by atoms with Gasteiger partial charge in [-0.3, -0.25) is 4.79 Å². The van der Waals surface area contributed by atoms with E-state index in [0.29, 0.717) is 10.7 Å². The number of amides is 1. The van der Waals surface area contributed by atoms with Crippen LogP contribution in [-0.4, -0.2) is 34.4 Å². The number of carboxylic acids is 1. The largest absolute Gasteiger partial charge is 0.478 e. The highest BCUT2D eigenvalue weighted by Gasteiger charge is 2.28. The van der Waals surface area contributed by atoms with Gasteiger partial charge in [0.1, 0.15) is 10.6 Å². The normalized spacial score (nSPS) is 12.6. The van der Waals surface area contributed by atoms with E-state index in [1.807, 2.05) is 13.8 Å². The number of nitrogens with zero attached hydrogens (tertiary/aromatic N) is 2. The summed E-state index contributed by atoms with van der Waals surface area (Å²) in [6.45, 7) is 5.28. The van der Waals surface area contributed by atoms with E-state index in [0.717, 1.165) is 11.5 Å². The van der Waals surface area contributed by atoms with Crippen LogP contribution >= 0.6 is 11.5 Å². The van der Waals surface area contributed by atoms with Crippen LogP contribution in [0.25, 0.3) is 0 Å². The van der Waals surface area contributed by atoms with E-state index in [9.17, 15) is 9.59 Å². The van der Waals surface area contributed by atoms with Crippen molar-refractivity contribution in [1.29, 1.82) is 0 Å². The lowest BCUT2D eigenvalue weighted by molar-refractivity contribution is -0.120. The molecule has 3 N–H and O–H groups in total. The van der Waals surface area contributed by atoms with Gasteiger partial charge in [-0.15, -0.1) is 0 Å². The molecule has 1 aromatic rings. The molecule has 7 heteroatoms. The zero-order valence-electron chi connectivity index (χ0n) is 10.8. The topological polar surface area (TPSA) is 96.5 Å². The lowest BCUT2D eigenvalue weighted by Gasteiger charge is -2.22. The molecule has 0 saturated heterocycles. The first-order valence-corrected chi connectivity index (χ1v) is 6.27. The maximum atomic E-state index is 12.1. The minimum atomic E-state index is -1.09. The molecule has 0 radical (unpaired) electrons. The maximum absolute atomic E-state index is 12.1. The van der Waals surface area contributed by atoms with Gasteiger partial charge in [-0.25, -0.2) is 4.79 Å². The molecule has 6 nitrogen and oxygen atoms in total. The van der Waals surface area contributed by atoms with Crippen LogP contribution in [0.4, 0.5) is 5.00 Å². The van der Waals surface area contributed by atoms with Gasteiger partial charge in [0, 0.05) is 7.05 Å². The highest BCUT2D eigenvalue weighted by atomic mass is 32.1. The standard InChI is InChI=1S/C11H17N3O3S/c1-5(2)8(12)9(15)14(4)10-7(11(16)17)6(3)13-18-10/h5,8H,12H2,1-4H3,(H,16,17). The zero-order chi connectivity index (χ0) is 14.0. The van der Waals surface area contributed by atoms with Crippen LogP contribution in [-0.2, 0) is 4.79 Å². The number of carbonyl (C=O) groups excluding carboxylic acids is 1. The molecule has 1 rings (SSSR count). The van der Waals surface area contributed by atoms with Crippen molar-refractivity contribution in [1.82, 2.24) is 4.37 Å². The Bertz CT molecular complexity index is 470. The van der Waals surface area contributed by atoms with E-state index >= 15 is 0 Å². The Labute approximate surface area is 110 Å². The van der Waals surface area contributed by atoms with Gasteiger partial charge in [-0.05, 0) is 24.4 Å². The quantitative estimate of drug-likeness (QED) is 0.854. The fourth-order valence-electron chi connectivity index (χ4n) is 1.44. The average molecular weight is 271 g/mol. The predicted molar refractivity (Wildman–Crippen MR) is 70.0 cm³/mol. The Balaban J connectivity index is 3.08. The minimum absolute atomic E-state index is 0.0118. The monoisotopic (exact) mass is 271 g/mol. The summed E-state index contributed by atoms with van der Waals surface area (Å²) in [4.78, 5) is 24.5. The first kappa shape index (κ1) is 14.6. The molecule has 1 aromatic heterocycles. The summed E-state index contributed by atoms with van der Waals surface area (Å²) in [5.74, 6) is -1.41. The van der Waals surface area contributed by atoms with Crippen molar-refractivity contribution in [3.05, 3.63) is 11.3 Å². The first-order valence-electron chi connectivity index (χ1n) is 5.50. The zero-order valence-corrected chi connectivity index (χ0v) is 11.6. The number of aromatic carboxylic acids is 1. The third kappa shape index (κ3) is 2.68. The molecular formula is C11H17N3O3S. The van der Waals surface area contributed by atoms with Crippen molar-refractivity contribution in [2.75, 3.05) is 11.9 Å². The number of hydrogen-bond donors (Lipinski definition) is 2. The number of carboxylic acid groups (broad SMARTS) is 1. The van der Waals surface area contributed by atoms with Gasteiger partial charge in [0.2, 0.25) is 5.91 Å². The van der Waals surface area contributed by atoms with Crippen LogP contribution in [0, 0.1) is 12.8 Å². The molecule has 0 spiro atoms. The van der Waals surface area contributed by atoms with Crippen LogP contribution in [0.15, 0.2) is 0 Å². The van der Waals surface area contributed by atoms with E-state index in [4.69, 9.17) is 10.8 Å². The number of rotatable bonds is 4. The van der Waals surface area contributed by atoms with E-state index in [1.165, 1.54) is 11.9 Å².